The average Bonchev–Trinajstić information content (AvgIpc) is 2.37. The van der Waals surface area contributed by atoms with Gasteiger partial charge >= 0.3 is 0 Å². The van der Waals surface area contributed by atoms with Crippen LogP contribution in [0.5, 0.6) is 0 Å². The molecule has 1 unspecified atom stereocenters. The molecular formula is C13H19FN2S. The van der Waals surface area contributed by atoms with E-state index in [1.807, 2.05) is 17.8 Å². The van der Waals surface area contributed by atoms with Gasteiger partial charge in [0.1, 0.15) is 5.82 Å². The predicted octanol–water partition coefficient (Wildman–Crippen LogP) is 2.26. The van der Waals surface area contributed by atoms with Crippen LogP contribution in [0.15, 0.2) is 24.3 Å². The summed E-state index contributed by atoms with van der Waals surface area (Å²) in [7, 11) is 0. The summed E-state index contributed by atoms with van der Waals surface area (Å²) >= 11 is 2.01. The largest absolute Gasteiger partial charge is 0.324 e. The Morgan fingerprint density at radius 3 is 2.82 bits per heavy atom. The molecule has 94 valence electrons. The van der Waals surface area contributed by atoms with Crippen molar-refractivity contribution in [3.63, 3.8) is 0 Å². The smallest absolute Gasteiger partial charge is 0.123 e. The first-order chi connectivity index (χ1) is 8.25. The molecule has 0 radical (unpaired) electrons. The van der Waals surface area contributed by atoms with Crippen molar-refractivity contribution in [2.24, 2.45) is 5.73 Å². The van der Waals surface area contributed by atoms with E-state index in [0.717, 1.165) is 31.6 Å². The molecule has 1 saturated heterocycles. The molecule has 1 aliphatic heterocycles. The van der Waals surface area contributed by atoms with Crippen molar-refractivity contribution in [3.05, 3.63) is 35.6 Å². The summed E-state index contributed by atoms with van der Waals surface area (Å²) in [5.74, 6) is 2.23. The molecule has 2 N–H and O–H groups in total. The van der Waals surface area contributed by atoms with Gasteiger partial charge in [0.05, 0.1) is 0 Å². The number of nitrogens with two attached hydrogens (primary N) is 1. The summed E-state index contributed by atoms with van der Waals surface area (Å²) in [5.41, 5.74) is 6.98. The molecule has 0 spiro atoms. The normalized spacial score (nSPS) is 19.2. The van der Waals surface area contributed by atoms with Crippen molar-refractivity contribution in [3.8, 4) is 0 Å². The van der Waals surface area contributed by atoms with Crippen molar-refractivity contribution in [1.82, 2.24) is 4.90 Å². The molecule has 0 saturated carbocycles. The highest BCUT2D eigenvalue weighted by molar-refractivity contribution is 7.99. The SMILES string of the molecule is NC(CCN1CCSCC1)c1cccc(F)c1. The molecule has 0 aliphatic carbocycles. The van der Waals surface area contributed by atoms with Gasteiger partial charge in [-0.2, -0.15) is 11.8 Å². The van der Waals surface area contributed by atoms with Crippen molar-refractivity contribution in [2.75, 3.05) is 31.1 Å². The number of hydrogen-bond donors (Lipinski definition) is 1. The van der Waals surface area contributed by atoms with Crippen LogP contribution >= 0.6 is 11.8 Å². The van der Waals surface area contributed by atoms with Crippen molar-refractivity contribution < 1.29 is 4.39 Å². The zero-order valence-corrected chi connectivity index (χ0v) is 10.8. The first-order valence-corrected chi connectivity index (χ1v) is 7.22. The van der Waals surface area contributed by atoms with Gasteiger partial charge in [-0.25, -0.2) is 4.39 Å². The zero-order valence-electron chi connectivity index (χ0n) is 9.94. The van der Waals surface area contributed by atoms with Crippen LogP contribution in [-0.4, -0.2) is 36.0 Å². The van der Waals surface area contributed by atoms with Gasteiger partial charge in [-0.15, -0.1) is 0 Å². The second-order valence-electron chi connectivity index (χ2n) is 4.40. The summed E-state index contributed by atoms with van der Waals surface area (Å²) in [6.45, 7) is 3.32. The first kappa shape index (κ1) is 12.9. The standard InChI is InChI=1S/C13H19FN2S/c14-12-3-1-2-11(10-12)13(15)4-5-16-6-8-17-9-7-16/h1-3,10,13H,4-9,15H2. The van der Waals surface area contributed by atoms with E-state index in [2.05, 4.69) is 4.90 Å². The molecule has 2 rings (SSSR count). The number of benzene rings is 1. The van der Waals surface area contributed by atoms with E-state index < -0.39 is 0 Å². The fourth-order valence-corrected chi connectivity index (χ4v) is 3.03. The van der Waals surface area contributed by atoms with E-state index in [0.29, 0.717) is 0 Å². The Balaban J connectivity index is 1.82. The van der Waals surface area contributed by atoms with Crippen molar-refractivity contribution in [2.45, 2.75) is 12.5 Å². The molecule has 4 heteroatoms. The Kier molecular flexibility index (Phi) is 4.83. The molecule has 0 aromatic heterocycles. The van der Waals surface area contributed by atoms with Gasteiger partial charge in [0.15, 0.2) is 0 Å². The topological polar surface area (TPSA) is 29.3 Å². The van der Waals surface area contributed by atoms with Gasteiger partial charge in [-0.1, -0.05) is 12.1 Å². The molecule has 17 heavy (non-hydrogen) atoms. The van der Waals surface area contributed by atoms with E-state index in [1.54, 1.807) is 6.07 Å². The van der Waals surface area contributed by atoms with Gasteiger partial charge in [0.25, 0.3) is 0 Å². The molecular weight excluding hydrogens is 235 g/mol. The predicted molar refractivity (Wildman–Crippen MR) is 71.7 cm³/mol. The van der Waals surface area contributed by atoms with Crippen LogP contribution in [0.4, 0.5) is 4.39 Å². The minimum Gasteiger partial charge on any atom is -0.324 e. The number of thioether (sulfide) groups is 1. The molecule has 2 nitrogen and oxygen atoms in total. The second kappa shape index (κ2) is 6.38. The van der Waals surface area contributed by atoms with E-state index in [4.69, 9.17) is 5.73 Å². The van der Waals surface area contributed by atoms with Crippen molar-refractivity contribution in [1.29, 1.82) is 0 Å². The summed E-state index contributed by atoms with van der Waals surface area (Å²) in [4.78, 5) is 2.44. The zero-order chi connectivity index (χ0) is 12.1. The van der Waals surface area contributed by atoms with Crippen LogP contribution in [-0.2, 0) is 0 Å². The molecule has 1 aliphatic rings. The number of halogens is 1. The van der Waals surface area contributed by atoms with Crippen LogP contribution in [0.2, 0.25) is 0 Å². The van der Waals surface area contributed by atoms with Crippen LogP contribution in [0.25, 0.3) is 0 Å². The highest BCUT2D eigenvalue weighted by Gasteiger charge is 2.13. The Morgan fingerprint density at radius 2 is 2.12 bits per heavy atom. The first-order valence-electron chi connectivity index (χ1n) is 6.07. The molecule has 1 aromatic rings. The lowest BCUT2D eigenvalue weighted by Gasteiger charge is -2.27. The number of rotatable bonds is 4. The third-order valence-electron chi connectivity index (χ3n) is 3.14. The summed E-state index contributed by atoms with van der Waals surface area (Å²) in [6, 6.07) is 6.57. The van der Waals surface area contributed by atoms with Crippen molar-refractivity contribution >= 4 is 11.8 Å². The van der Waals surface area contributed by atoms with Crippen LogP contribution in [0, 0.1) is 5.82 Å². The molecule has 1 aromatic carbocycles. The minimum atomic E-state index is -0.202. The highest BCUT2D eigenvalue weighted by atomic mass is 32.2. The number of hydrogen-bond acceptors (Lipinski definition) is 3. The maximum Gasteiger partial charge on any atom is 0.123 e. The minimum absolute atomic E-state index is 0.0553. The van der Waals surface area contributed by atoms with Gasteiger partial charge in [0, 0.05) is 37.2 Å². The molecule has 1 fully saturated rings. The third kappa shape index (κ3) is 3.98. The fourth-order valence-electron chi connectivity index (χ4n) is 2.05. The number of nitrogens with zero attached hydrogens (tertiary/aromatic N) is 1. The van der Waals surface area contributed by atoms with E-state index in [-0.39, 0.29) is 11.9 Å². The van der Waals surface area contributed by atoms with Crippen LogP contribution in [0.3, 0.4) is 0 Å². The molecule has 0 amide bonds. The molecule has 1 heterocycles. The summed E-state index contributed by atoms with van der Waals surface area (Å²) in [6.07, 6.45) is 0.897. The molecule has 1 atom stereocenters. The van der Waals surface area contributed by atoms with Gasteiger partial charge < -0.3 is 10.6 Å². The maximum atomic E-state index is 13.1. The Bertz CT molecular complexity index is 353. The quantitative estimate of drug-likeness (QED) is 0.893. The average molecular weight is 254 g/mol. The Labute approximate surface area is 106 Å². The lowest BCUT2D eigenvalue weighted by atomic mass is 10.0. The Hall–Kier alpha value is -0.580. The fraction of sp³-hybridized carbons (Fsp3) is 0.538. The van der Waals surface area contributed by atoms with Crippen LogP contribution in [0.1, 0.15) is 18.0 Å². The summed E-state index contributed by atoms with van der Waals surface area (Å²) < 4.78 is 13.1. The molecule has 0 bridgehead atoms. The summed E-state index contributed by atoms with van der Waals surface area (Å²) in [5, 5.41) is 0. The van der Waals surface area contributed by atoms with E-state index in [1.165, 1.54) is 23.6 Å². The second-order valence-corrected chi connectivity index (χ2v) is 5.63. The monoisotopic (exact) mass is 254 g/mol. The van der Waals surface area contributed by atoms with E-state index >= 15 is 0 Å². The van der Waals surface area contributed by atoms with Gasteiger partial charge in [-0.05, 0) is 24.1 Å². The van der Waals surface area contributed by atoms with Crippen LogP contribution < -0.4 is 5.73 Å². The lowest BCUT2D eigenvalue weighted by Crippen LogP contribution is -2.34. The Morgan fingerprint density at radius 1 is 1.35 bits per heavy atom. The van der Waals surface area contributed by atoms with Gasteiger partial charge in [-0.3, -0.25) is 0 Å². The van der Waals surface area contributed by atoms with E-state index in [9.17, 15) is 4.39 Å². The van der Waals surface area contributed by atoms with Gasteiger partial charge in [0.2, 0.25) is 0 Å². The lowest BCUT2D eigenvalue weighted by molar-refractivity contribution is 0.289. The highest BCUT2D eigenvalue weighted by Crippen LogP contribution is 2.17. The third-order valence-corrected chi connectivity index (χ3v) is 4.08. The maximum absolute atomic E-state index is 13.1.